The normalized spacial score (nSPS) is 13.8. The number of aromatic nitrogens is 1. The second-order valence-electron chi connectivity index (χ2n) is 4.49. The molecule has 0 saturated carbocycles. The molecule has 2 heterocycles. The van der Waals surface area contributed by atoms with E-state index in [1.807, 2.05) is 12.1 Å². The van der Waals surface area contributed by atoms with Crippen molar-refractivity contribution >= 4 is 6.09 Å². The molecule has 1 aliphatic heterocycles. The lowest BCUT2D eigenvalue weighted by Gasteiger charge is -2.27. The first-order valence-electron chi connectivity index (χ1n) is 6.26. The summed E-state index contributed by atoms with van der Waals surface area (Å²) in [4.78, 5) is 17.7. The summed E-state index contributed by atoms with van der Waals surface area (Å²) in [6.07, 6.45) is 3.78. The van der Waals surface area contributed by atoms with E-state index >= 15 is 0 Å². The monoisotopic (exact) mass is 254 g/mol. The Balaban J connectivity index is 1.70. The topological polar surface area (TPSA) is 42.4 Å². The number of amides is 1. The zero-order valence-electron chi connectivity index (χ0n) is 10.5. The van der Waals surface area contributed by atoms with Crippen LogP contribution in [0.3, 0.4) is 0 Å². The first-order valence-corrected chi connectivity index (χ1v) is 6.26. The summed E-state index contributed by atoms with van der Waals surface area (Å²) in [6.45, 7) is 1.31. The molecule has 0 N–H and O–H groups in total. The van der Waals surface area contributed by atoms with Crippen LogP contribution in [0.4, 0.5) is 4.79 Å². The summed E-state index contributed by atoms with van der Waals surface area (Å²) >= 11 is 0. The average molecular weight is 254 g/mol. The Morgan fingerprint density at radius 3 is 2.63 bits per heavy atom. The van der Waals surface area contributed by atoms with Gasteiger partial charge >= 0.3 is 6.09 Å². The predicted octanol–water partition coefficient (Wildman–Crippen LogP) is 2.64. The van der Waals surface area contributed by atoms with Gasteiger partial charge in [0.25, 0.3) is 0 Å². The van der Waals surface area contributed by atoms with Crippen molar-refractivity contribution in [1.29, 1.82) is 0 Å². The van der Waals surface area contributed by atoms with Crippen molar-refractivity contribution in [2.75, 3.05) is 6.54 Å². The highest BCUT2D eigenvalue weighted by atomic mass is 16.6. The Morgan fingerprint density at radius 2 is 1.84 bits per heavy atom. The zero-order valence-corrected chi connectivity index (χ0v) is 10.5. The molecule has 1 aromatic heterocycles. The third kappa shape index (κ3) is 2.57. The molecule has 0 saturated heterocycles. The number of carbonyl (C=O) groups excluding carboxylic acids is 1. The van der Waals surface area contributed by atoms with Crippen LogP contribution in [-0.2, 0) is 13.0 Å². The van der Waals surface area contributed by atoms with Gasteiger partial charge in [-0.2, -0.15) is 0 Å². The summed E-state index contributed by atoms with van der Waals surface area (Å²) in [5.41, 5.74) is 2.51. The van der Waals surface area contributed by atoms with E-state index in [0.717, 1.165) is 6.42 Å². The molecule has 0 aliphatic carbocycles. The molecule has 19 heavy (non-hydrogen) atoms. The second-order valence-corrected chi connectivity index (χ2v) is 4.49. The van der Waals surface area contributed by atoms with E-state index in [-0.39, 0.29) is 6.09 Å². The highest BCUT2D eigenvalue weighted by Crippen LogP contribution is 2.19. The summed E-state index contributed by atoms with van der Waals surface area (Å²) in [7, 11) is 0. The van der Waals surface area contributed by atoms with Crippen LogP contribution in [0.2, 0.25) is 0 Å². The number of nitrogens with zero attached hydrogens (tertiary/aromatic N) is 2. The van der Waals surface area contributed by atoms with Crippen LogP contribution < -0.4 is 4.74 Å². The molecule has 2 aromatic rings. The van der Waals surface area contributed by atoms with Crippen LogP contribution in [-0.4, -0.2) is 22.5 Å². The molecular weight excluding hydrogens is 240 g/mol. The van der Waals surface area contributed by atoms with Crippen molar-refractivity contribution in [3.05, 3.63) is 59.9 Å². The lowest BCUT2D eigenvalue weighted by Crippen LogP contribution is -2.37. The third-order valence-corrected chi connectivity index (χ3v) is 3.24. The molecule has 96 valence electrons. The predicted molar refractivity (Wildman–Crippen MR) is 70.8 cm³/mol. The Bertz CT molecular complexity index is 584. The van der Waals surface area contributed by atoms with Gasteiger partial charge in [0.1, 0.15) is 5.75 Å². The molecule has 0 radical (unpaired) electrons. The molecule has 0 atom stereocenters. The molecule has 0 spiro atoms. The highest BCUT2D eigenvalue weighted by molar-refractivity contribution is 5.71. The number of hydrogen-bond acceptors (Lipinski definition) is 3. The van der Waals surface area contributed by atoms with Gasteiger partial charge in [0.05, 0.1) is 0 Å². The third-order valence-electron chi connectivity index (χ3n) is 3.24. The van der Waals surface area contributed by atoms with Crippen molar-refractivity contribution in [3.8, 4) is 5.75 Å². The van der Waals surface area contributed by atoms with Gasteiger partial charge in [-0.05, 0) is 29.7 Å². The quantitative estimate of drug-likeness (QED) is 0.785. The van der Waals surface area contributed by atoms with Gasteiger partial charge in [-0.25, -0.2) is 4.79 Å². The maximum atomic E-state index is 12.1. The van der Waals surface area contributed by atoms with Crippen LogP contribution in [0.25, 0.3) is 0 Å². The number of pyridine rings is 1. The van der Waals surface area contributed by atoms with Crippen molar-refractivity contribution in [2.24, 2.45) is 0 Å². The number of fused-ring (bicyclic) bond motifs is 1. The van der Waals surface area contributed by atoms with E-state index in [2.05, 4.69) is 17.1 Å². The zero-order chi connectivity index (χ0) is 13.1. The molecule has 0 unspecified atom stereocenters. The summed E-state index contributed by atoms with van der Waals surface area (Å²) < 4.78 is 5.32. The first kappa shape index (κ1) is 11.7. The van der Waals surface area contributed by atoms with Gasteiger partial charge in [0, 0.05) is 25.5 Å². The van der Waals surface area contributed by atoms with E-state index in [0.29, 0.717) is 18.8 Å². The van der Waals surface area contributed by atoms with Gasteiger partial charge in [0.2, 0.25) is 0 Å². The Hall–Kier alpha value is -2.36. The molecule has 4 nitrogen and oxygen atoms in total. The average Bonchev–Trinajstić information content (AvgIpc) is 2.48. The van der Waals surface area contributed by atoms with Crippen LogP contribution in [0, 0.1) is 0 Å². The van der Waals surface area contributed by atoms with E-state index in [4.69, 9.17) is 4.74 Å². The largest absolute Gasteiger partial charge is 0.415 e. The van der Waals surface area contributed by atoms with E-state index < -0.39 is 0 Å². The minimum Gasteiger partial charge on any atom is -0.410 e. The fourth-order valence-corrected chi connectivity index (χ4v) is 2.22. The molecule has 1 aliphatic rings. The number of hydrogen-bond donors (Lipinski definition) is 0. The molecule has 0 fully saturated rings. The number of benzene rings is 1. The maximum absolute atomic E-state index is 12.1. The van der Waals surface area contributed by atoms with Gasteiger partial charge in [-0.1, -0.05) is 24.3 Å². The first-order chi connectivity index (χ1) is 9.33. The Morgan fingerprint density at radius 1 is 1.11 bits per heavy atom. The van der Waals surface area contributed by atoms with E-state index in [1.54, 1.807) is 29.4 Å². The number of carbonyl (C=O) groups is 1. The SMILES string of the molecule is O=C(Oc1ccncc1)N1CCc2ccccc2C1. The molecule has 0 bridgehead atoms. The van der Waals surface area contributed by atoms with Crippen molar-refractivity contribution in [2.45, 2.75) is 13.0 Å². The Labute approximate surface area is 111 Å². The lowest BCUT2D eigenvalue weighted by atomic mass is 10.0. The smallest absolute Gasteiger partial charge is 0.410 e. The summed E-state index contributed by atoms with van der Waals surface area (Å²) in [6, 6.07) is 11.5. The molecular formula is C15H14N2O2. The van der Waals surface area contributed by atoms with Gasteiger partial charge < -0.3 is 9.64 Å². The number of rotatable bonds is 1. The van der Waals surface area contributed by atoms with Gasteiger partial charge in [-0.15, -0.1) is 0 Å². The van der Waals surface area contributed by atoms with Crippen molar-refractivity contribution in [3.63, 3.8) is 0 Å². The van der Waals surface area contributed by atoms with Gasteiger partial charge in [0.15, 0.2) is 0 Å². The summed E-state index contributed by atoms with van der Waals surface area (Å²) in [5.74, 6) is 0.527. The van der Waals surface area contributed by atoms with Crippen LogP contribution >= 0.6 is 0 Å². The second kappa shape index (κ2) is 5.10. The standard InChI is InChI=1S/C15H14N2O2/c18-15(19-14-5-8-16-9-6-14)17-10-7-12-3-1-2-4-13(12)11-17/h1-6,8-9H,7,10-11H2. The molecule has 3 rings (SSSR count). The Kier molecular flexibility index (Phi) is 3.14. The lowest BCUT2D eigenvalue weighted by molar-refractivity contribution is 0.147. The minimum atomic E-state index is -0.305. The van der Waals surface area contributed by atoms with E-state index in [1.165, 1.54) is 11.1 Å². The van der Waals surface area contributed by atoms with Crippen molar-refractivity contribution < 1.29 is 9.53 Å². The minimum absolute atomic E-state index is 0.305. The van der Waals surface area contributed by atoms with Gasteiger partial charge in [-0.3, -0.25) is 4.98 Å². The van der Waals surface area contributed by atoms with E-state index in [9.17, 15) is 4.79 Å². The number of ether oxygens (including phenoxy) is 1. The van der Waals surface area contributed by atoms with Crippen LogP contribution in [0.15, 0.2) is 48.8 Å². The fraction of sp³-hybridized carbons (Fsp3) is 0.200. The van der Waals surface area contributed by atoms with Crippen LogP contribution in [0.5, 0.6) is 5.75 Å². The molecule has 1 aromatic carbocycles. The molecule has 4 heteroatoms. The van der Waals surface area contributed by atoms with Crippen molar-refractivity contribution in [1.82, 2.24) is 9.88 Å². The summed E-state index contributed by atoms with van der Waals surface area (Å²) in [5, 5.41) is 0. The molecule has 1 amide bonds. The maximum Gasteiger partial charge on any atom is 0.415 e. The van der Waals surface area contributed by atoms with Crippen LogP contribution in [0.1, 0.15) is 11.1 Å². The fourth-order valence-electron chi connectivity index (χ4n) is 2.22. The highest BCUT2D eigenvalue weighted by Gasteiger charge is 2.21.